The molecule has 1 fully saturated rings. The van der Waals surface area contributed by atoms with Crippen LogP contribution in [0.2, 0.25) is 0 Å². The average Bonchev–Trinajstić information content (AvgIpc) is 3.16. The number of nitrogens with zero attached hydrogens (tertiary/aromatic N) is 2. The Morgan fingerprint density at radius 3 is 3.00 bits per heavy atom. The van der Waals surface area contributed by atoms with E-state index in [-0.39, 0.29) is 36.0 Å². The molecule has 2 heterocycles. The van der Waals surface area contributed by atoms with Crippen molar-refractivity contribution in [3.05, 3.63) is 52.0 Å². The number of nitrogens with one attached hydrogen (secondary N) is 2. The lowest BCUT2D eigenvalue weighted by molar-refractivity contribution is -0.125. The molecule has 0 unspecified atom stereocenters. The van der Waals surface area contributed by atoms with Gasteiger partial charge in [-0.3, -0.25) is 9.48 Å². The van der Waals surface area contributed by atoms with Crippen LogP contribution in [0.5, 0.6) is 0 Å². The molecule has 130 valence electrons. The van der Waals surface area contributed by atoms with Crippen LogP contribution in [0.1, 0.15) is 17.0 Å². The molecule has 0 saturated carbocycles. The predicted octanol–water partition coefficient (Wildman–Crippen LogP) is 2.36. The average molecular weight is 418 g/mol. The van der Waals surface area contributed by atoms with E-state index in [0.717, 1.165) is 22.1 Å². The lowest BCUT2D eigenvalue weighted by Gasteiger charge is -2.17. The summed E-state index contributed by atoms with van der Waals surface area (Å²) in [7, 11) is 1.86. The Bertz CT molecular complexity index is 724. The third-order valence-corrected chi connectivity index (χ3v) is 4.94. The van der Waals surface area contributed by atoms with Gasteiger partial charge < -0.3 is 10.6 Å². The lowest BCUT2D eigenvalue weighted by Crippen LogP contribution is -2.34. The summed E-state index contributed by atoms with van der Waals surface area (Å²) in [5.41, 5.74) is 1.78. The highest BCUT2D eigenvalue weighted by atomic mass is 79.9. The van der Waals surface area contributed by atoms with Gasteiger partial charge in [0.05, 0.1) is 12.1 Å². The summed E-state index contributed by atoms with van der Waals surface area (Å²) < 4.78 is 15.8. The van der Waals surface area contributed by atoms with Gasteiger partial charge in [0.15, 0.2) is 0 Å². The molecule has 1 aromatic heterocycles. The second-order valence-electron chi connectivity index (χ2n) is 5.77. The van der Waals surface area contributed by atoms with E-state index in [0.29, 0.717) is 13.1 Å². The van der Waals surface area contributed by atoms with Crippen LogP contribution in [-0.2, 0) is 18.4 Å². The van der Waals surface area contributed by atoms with Crippen LogP contribution < -0.4 is 10.6 Å². The number of carbonyl (C=O) groups is 1. The quantitative estimate of drug-likeness (QED) is 0.803. The van der Waals surface area contributed by atoms with Crippen molar-refractivity contribution in [2.45, 2.75) is 12.5 Å². The largest absolute Gasteiger partial charge is 0.352 e. The summed E-state index contributed by atoms with van der Waals surface area (Å²) in [6.07, 6.45) is 3.75. The SMILES string of the molecule is Cl.Cn1cc([C@H]2CNC[C@@H]2C(=O)NCc2cc(F)ccc2Br)cn1. The third-order valence-electron chi connectivity index (χ3n) is 4.16. The number of benzene rings is 1. The van der Waals surface area contributed by atoms with Gasteiger partial charge in [0, 0.05) is 43.3 Å². The summed E-state index contributed by atoms with van der Waals surface area (Å²) in [4.78, 5) is 12.5. The molecule has 0 bridgehead atoms. The lowest BCUT2D eigenvalue weighted by atomic mass is 9.90. The van der Waals surface area contributed by atoms with E-state index in [9.17, 15) is 9.18 Å². The predicted molar refractivity (Wildman–Crippen MR) is 95.5 cm³/mol. The molecule has 1 amide bonds. The van der Waals surface area contributed by atoms with Crippen molar-refractivity contribution in [1.29, 1.82) is 0 Å². The van der Waals surface area contributed by atoms with Crippen molar-refractivity contribution >= 4 is 34.2 Å². The number of carbonyl (C=O) groups excluding carboxylic acids is 1. The van der Waals surface area contributed by atoms with Crippen LogP contribution in [0, 0.1) is 11.7 Å². The molecule has 5 nitrogen and oxygen atoms in total. The first-order valence-electron chi connectivity index (χ1n) is 7.45. The molecule has 0 radical (unpaired) electrons. The Morgan fingerprint density at radius 2 is 2.29 bits per heavy atom. The van der Waals surface area contributed by atoms with Crippen molar-refractivity contribution in [3.8, 4) is 0 Å². The fraction of sp³-hybridized carbons (Fsp3) is 0.375. The molecule has 2 aromatic rings. The second kappa shape index (κ2) is 8.09. The van der Waals surface area contributed by atoms with Gasteiger partial charge in [0.2, 0.25) is 5.91 Å². The number of aryl methyl sites for hydroxylation is 1. The Labute approximate surface area is 154 Å². The van der Waals surface area contributed by atoms with E-state index in [1.54, 1.807) is 16.9 Å². The Kier molecular flexibility index (Phi) is 6.37. The van der Waals surface area contributed by atoms with Crippen LogP contribution in [0.15, 0.2) is 35.1 Å². The number of amides is 1. The van der Waals surface area contributed by atoms with Gasteiger partial charge in [-0.05, 0) is 29.3 Å². The first-order valence-corrected chi connectivity index (χ1v) is 8.25. The van der Waals surface area contributed by atoms with Crippen LogP contribution >= 0.6 is 28.3 Å². The van der Waals surface area contributed by atoms with E-state index in [1.165, 1.54) is 12.1 Å². The van der Waals surface area contributed by atoms with Crippen molar-refractivity contribution in [2.75, 3.05) is 13.1 Å². The van der Waals surface area contributed by atoms with E-state index < -0.39 is 0 Å². The summed E-state index contributed by atoms with van der Waals surface area (Å²) in [5, 5.41) is 10.4. The molecule has 24 heavy (non-hydrogen) atoms. The Hall–Kier alpha value is -1.44. The van der Waals surface area contributed by atoms with Gasteiger partial charge in [-0.25, -0.2) is 4.39 Å². The summed E-state index contributed by atoms with van der Waals surface area (Å²) in [6.45, 7) is 1.69. The van der Waals surface area contributed by atoms with Crippen molar-refractivity contribution in [3.63, 3.8) is 0 Å². The van der Waals surface area contributed by atoms with Crippen molar-refractivity contribution in [1.82, 2.24) is 20.4 Å². The Morgan fingerprint density at radius 1 is 1.50 bits per heavy atom. The fourth-order valence-corrected chi connectivity index (χ4v) is 3.32. The summed E-state index contributed by atoms with van der Waals surface area (Å²) in [6, 6.07) is 4.46. The first-order chi connectivity index (χ1) is 11.0. The van der Waals surface area contributed by atoms with Gasteiger partial charge in [0.1, 0.15) is 5.82 Å². The second-order valence-corrected chi connectivity index (χ2v) is 6.63. The molecule has 1 saturated heterocycles. The summed E-state index contributed by atoms with van der Waals surface area (Å²) in [5.74, 6) is -0.376. The molecule has 2 N–H and O–H groups in total. The number of hydrogen-bond acceptors (Lipinski definition) is 3. The first kappa shape index (κ1) is 18.9. The molecule has 2 atom stereocenters. The molecule has 1 aromatic carbocycles. The molecule has 3 rings (SSSR count). The Balaban J connectivity index is 0.00000208. The highest BCUT2D eigenvalue weighted by Gasteiger charge is 2.34. The summed E-state index contributed by atoms with van der Waals surface area (Å²) >= 11 is 3.37. The number of halogens is 3. The maximum absolute atomic E-state index is 13.3. The van der Waals surface area contributed by atoms with Gasteiger partial charge in [-0.2, -0.15) is 5.10 Å². The number of rotatable bonds is 4. The van der Waals surface area contributed by atoms with Crippen LogP contribution in [0.4, 0.5) is 4.39 Å². The van der Waals surface area contributed by atoms with Gasteiger partial charge in [-0.15, -0.1) is 12.4 Å². The normalized spacial score (nSPS) is 19.8. The number of aromatic nitrogens is 2. The fourth-order valence-electron chi connectivity index (χ4n) is 2.93. The van der Waals surface area contributed by atoms with Gasteiger partial charge >= 0.3 is 0 Å². The minimum Gasteiger partial charge on any atom is -0.352 e. The topological polar surface area (TPSA) is 59.0 Å². The molecule has 0 aliphatic carbocycles. The molecule has 8 heteroatoms. The highest BCUT2D eigenvalue weighted by Crippen LogP contribution is 2.28. The van der Waals surface area contributed by atoms with Crippen LogP contribution in [-0.4, -0.2) is 28.8 Å². The van der Waals surface area contributed by atoms with Crippen molar-refractivity contribution in [2.24, 2.45) is 13.0 Å². The maximum Gasteiger partial charge on any atom is 0.225 e. The zero-order valence-electron chi connectivity index (χ0n) is 13.1. The minimum absolute atomic E-state index is 0. The zero-order valence-corrected chi connectivity index (χ0v) is 15.5. The van der Waals surface area contributed by atoms with E-state index in [4.69, 9.17) is 0 Å². The van der Waals surface area contributed by atoms with Crippen molar-refractivity contribution < 1.29 is 9.18 Å². The standard InChI is InChI=1S/C16H18BrFN4O.ClH/c1-22-9-11(6-21-22)13-7-19-8-14(13)16(23)20-5-10-4-12(18)2-3-15(10)17;/h2-4,6,9,13-14,19H,5,7-8H2,1H3,(H,20,23);1H/t13-,14+;/m1./s1. The van der Waals surface area contributed by atoms with Crippen LogP contribution in [0.3, 0.4) is 0 Å². The third kappa shape index (κ3) is 4.15. The monoisotopic (exact) mass is 416 g/mol. The minimum atomic E-state index is -0.312. The highest BCUT2D eigenvalue weighted by molar-refractivity contribution is 9.10. The molecular weight excluding hydrogens is 399 g/mol. The van der Waals surface area contributed by atoms with E-state index in [2.05, 4.69) is 31.7 Å². The molecular formula is C16H19BrClFN4O. The van der Waals surface area contributed by atoms with Crippen LogP contribution in [0.25, 0.3) is 0 Å². The molecule has 1 aliphatic rings. The van der Waals surface area contributed by atoms with E-state index in [1.807, 2.05) is 13.2 Å². The number of hydrogen-bond donors (Lipinski definition) is 2. The van der Waals surface area contributed by atoms with E-state index >= 15 is 0 Å². The smallest absolute Gasteiger partial charge is 0.225 e. The van der Waals surface area contributed by atoms with Gasteiger partial charge in [0.25, 0.3) is 0 Å². The molecule has 1 aliphatic heterocycles. The zero-order chi connectivity index (χ0) is 16.4. The maximum atomic E-state index is 13.3. The molecule has 0 spiro atoms. The van der Waals surface area contributed by atoms with Gasteiger partial charge in [-0.1, -0.05) is 15.9 Å².